The van der Waals surface area contributed by atoms with Gasteiger partial charge in [0.15, 0.2) is 0 Å². The van der Waals surface area contributed by atoms with Gasteiger partial charge in [-0.3, -0.25) is 4.79 Å². The highest BCUT2D eigenvalue weighted by molar-refractivity contribution is 9.10. The Balaban J connectivity index is 1.62. The first-order valence-corrected chi connectivity index (χ1v) is 9.16. The van der Waals surface area contributed by atoms with Crippen molar-refractivity contribution in [3.05, 3.63) is 28.7 Å². The van der Waals surface area contributed by atoms with Crippen molar-refractivity contribution in [1.29, 1.82) is 0 Å². The molecule has 0 aliphatic heterocycles. The number of rotatable bonds is 4. The van der Waals surface area contributed by atoms with Crippen molar-refractivity contribution in [2.75, 3.05) is 0 Å². The second kappa shape index (κ2) is 7.42. The van der Waals surface area contributed by atoms with Crippen LogP contribution in [0.4, 0.5) is 0 Å². The zero-order chi connectivity index (χ0) is 17.1. The van der Waals surface area contributed by atoms with Crippen molar-refractivity contribution in [1.82, 2.24) is 25.5 Å². The van der Waals surface area contributed by atoms with Gasteiger partial charge in [0.25, 0.3) is 0 Å². The van der Waals surface area contributed by atoms with Gasteiger partial charge in [-0.1, -0.05) is 54.8 Å². The Labute approximate surface area is 150 Å². The van der Waals surface area contributed by atoms with Crippen molar-refractivity contribution in [2.24, 2.45) is 11.8 Å². The van der Waals surface area contributed by atoms with Gasteiger partial charge in [0.2, 0.25) is 11.7 Å². The molecule has 1 heterocycles. The second-order valence-corrected chi connectivity index (χ2v) is 7.42. The zero-order valence-corrected chi connectivity index (χ0v) is 15.5. The van der Waals surface area contributed by atoms with Crippen molar-refractivity contribution >= 4 is 21.8 Å². The first-order valence-electron chi connectivity index (χ1n) is 8.36. The largest absolute Gasteiger partial charge is 0.351 e. The lowest BCUT2D eigenvalue weighted by Crippen LogP contribution is -2.45. The molecule has 128 valence electrons. The first-order chi connectivity index (χ1) is 11.5. The van der Waals surface area contributed by atoms with E-state index in [2.05, 4.69) is 50.5 Å². The summed E-state index contributed by atoms with van der Waals surface area (Å²) >= 11 is 3.47. The predicted molar refractivity (Wildman–Crippen MR) is 95.1 cm³/mol. The summed E-state index contributed by atoms with van der Waals surface area (Å²) in [6, 6.07) is 7.93. The maximum atomic E-state index is 12.3. The molecule has 3 atom stereocenters. The molecule has 1 aliphatic carbocycles. The lowest BCUT2D eigenvalue weighted by molar-refractivity contribution is -0.123. The smallest absolute Gasteiger partial charge is 0.243 e. The summed E-state index contributed by atoms with van der Waals surface area (Å²) in [4.78, 5) is 13.6. The molecule has 1 fully saturated rings. The highest BCUT2D eigenvalue weighted by Crippen LogP contribution is 2.29. The molecule has 3 rings (SSSR count). The zero-order valence-electron chi connectivity index (χ0n) is 13.9. The standard InChI is InChI=1S/C17H22BrN5O/c1-11-6-5-9-15(12(11)2)19-16(24)10-23-21-17(20-22-23)13-7-3-4-8-14(13)18/h3-4,7-8,11-12,15H,5-6,9-10H2,1-2H3,(H,19,24). The van der Waals surface area contributed by atoms with Gasteiger partial charge < -0.3 is 5.32 Å². The molecule has 3 unspecified atom stereocenters. The number of benzene rings is 1. The van der Waals surface area contributed by atoms with Crippen LogP contribution in [-0.2, 0) is 11.3 Å². The third kappa shape index (κ3) is 3.83. The maximum absolute atomic E-state index is 12.3. The third-order valence-electron chi connectivity index (χ3n) is 4.91. The number of amides is 1. The van der Waals surface area contributed by atoms with E-state index in [9.17, 15) is 4.79 Å². The fourth-order valence-electron chi connectivity index (χ4n) is 3.23. The minimum atomic E-state index is -0.0583. The number of hydrogen-bond donors (Lipinski definition) is 1. The topological polar surface area (TPSA) is 72.7 Å². The van der Waals surface area contributed by atoms with E-state index in [1.807, 2.05) is 24.3 Å². The van der Waals surface area contributed by atoms with Crippen LogP contribution in [0.3, 0.4) is 0 Å². The van der Waals surface area contributed by atoms with Crippen molar-refractivity contribution in [3.8, 4) is 11.4 Å². The molecule has 7 heteroatoms. The number of nitrogens with zero attached hydrogens (tertiary/aromatic N) is 4. The van der Waals surface area contributed by atoms with Crippen LogP contribution in [0.1, 0.15) is 33.1 Å². The Morgan fingerprint density at radius 1 is 1.33 bits per heavy atom. The van der Waals surface area contributed by atoms with Gasteiger partial charge in [0.1, 0.15) is 6.54 Å². The van der Waals surface area contributed by atoms with Crippen LogP contribution in [0.2, 0.25) is 0 Å². The highest BCUT2D eigenvalue weighted by Gasteiger charge is 2.28. The third-order valence-corrected chi connectivity index (χ3v) is 5.60. The Bertz CT molecular complexity index is 717. The Hall–Kier alpha value is -1.76. The Morgan fingerprint density at radius 3 is 2.92 bits per heavy atom. The van der Waals surface area contributed by atoms with Crippen LogP contribution in [0, 0.1) is 11.8 Å². The summed E-state index contributed by atoms with van der Waals surface area (Å²) in [5.41, 5.74) is 0.860. The van der Waals surface area contributed by atoms with Gasteiger partial charge in [0, 0.05) is 16.1 Å². The average molecular weight is 392 g/mol. The Morgan fingerprint density at radius 2 is 2.12 bits per heavy atom. The quantitative estimate of drug-likeness (QED) is 0.868. The van der Waals surface area contributed by atoms with Gasteiger partial charge in [-0.2, -0.15) is 4.80 Å². The van der Waals surface area contributed by atoms with Crippen LogP contribution >= 0.6 is 15.9 Å². The van der Waals surface area contributed by atoms with Gasteiger partial charge in [-0.15, -0.1) is 10.2 Å². The fraction of sp³-hybridized carbons (Fsp3) is 0.529. The SMILES string of the molecule is CC1CCCC(NC(=O)Cn2nnc(-c3ccccc3Br)n2)C1C. The van der Waals surface area contributed by atoms with E-state index in [-0.39, 0.29) is 18.5 Å². The average Bonchev–Trinajstić information content (AvgIpc) is 3.00. The number of nitrogens with one attached hydrogen (secondary N) is 1. The van der Waals surface area contributed by atoms with E-state index in [0.717, 1.165) is 16.5 Å². The molecule has 24 heavy (non-hydrogen) atoms. The number of carbonyl (C=O) groups is 1. The molecule has 2 aromatic rings. The lowest BCUT2D eigenvalue weighted by atomic mass is 9.78. The molecule has 0 saturated heterocycles. The summed E-state index contributed by atoms with van der Waals surface area (Å²) in [6.45, 7) is 4.56. The molecular weight excluding hydrogens is 370 g/mol. The van der Waals surface area contributed by atoms with Crippen LogP contribution in [-0.4, -0.2) is 32.2 Å². The van der Waals surface area contributed by atoms with Crippen molar-refractivity contribution in [2.45, 2.75) is 45.7 Å². The molecule has 0 bridgehead atoms. The van der Waals surface area contributed by atoms with E-state index >= 15 is 0 Å². The summed E-state index contributed by atoms with van der Waals surface area (Å²) in [7, 11) is 0. The van der Waals surface area contributed by atoms with Gasteiger partial charge >= 0.3 is 0 Å². The molecule has 1 aromatic heterocycles. The summed E-state index contributed by atoms with van der Waals surface area (Å²) in [5.74, 6) is 1.60. The van der Waals surface area contributed by atoms with E-state index < -0.39 is 0 Å². The highest BCUT2D eigenvalue weighted by atomic mass is 79.9. The molecule has 1 aromatic carbocycles. The molecule has 6 nitrogen and oxygen atoms in total. The summed E-state index contributed by atoms with van der Waals surface area (Å²) < 4.78 is 0.902. The molecule has 1 amide bonds. The first kappa shape index (κ1) is 17.1. The summed E-state index contributed by atoms with van der Waals surface area (Å²) in [6.07, 6.45) is 3.46. The molecule has 1 N–H and O–H groups in total. The van der Waals surface area contributed by atoms with Crippen LogP contribution < -0.4 is 5.32 Å². The molecule has 0 spiro atoms. The minimum absolute atomic E-state index is 0.0583. The normalized spacial score (nSPS) is 23.9. The van der Waals surface area contributed by atoms with E-state index in [1.54, 1.807) is 0 Å². The fourth-order valence-corrected chi connectivity index (χ4v) is 3.69. The molecule has 1 aliphatic rings. The van der Waals surface area contributed by atoms with Crippen LogP contribution in [0.25, 0.3) is 11.4 Å². The van der Waals surface area contributed by atoms with Crippen molar-refractivity contribution in [3.63, 3.8) is 0 Å². The van der Waals surface area contributed by atoms with Gasteiger partial charge in [0.05, 0.1) is 0 Å². The van der Waals surface area contributed by atoms with Gasteiger partial charge in [-0.25, -0.2) is 0 Å². The van der Waals surface area contributed by atoms with Gasteiger partial charge in [-0.05, 0) is 35.6 Å². The lowest BCUT2D eigenvalue weighted by Gasteiger charge is -2.34. The number of tetrazole rings is 1. The number of carbonyl (C=O) groups excluding carboxylic acids is 1. The van der Waals surface area contributed by atoms with Crippen LogP contribution in [0.5, 0.6) is 0 Å². The number of halogens is 1. The van der Waals surface area contributed by atoms with E-state index in [4.69, 9.17) is 0 Å². The minimum Gasteiger partial charge on any atom is -0.351 e. The molecule has 1 saturated carbocycles. The second-order valence-electron chi connectivity index (χ2n) is 6.56. The number of hydrogen-bond acceptors (Lipinski definition) is 4. The predicted octanol–water partition coefficient (Wildman–Crippen LogP) is 3.04. The van der Waals surface area contributed by atoms with E-state index in [0.29, 0.717) is 17.7 Å². The Kier molecular flexibility index (Phi) is 5.28. The van der Waals surface area contributed by atoms with E-state index in [1.165, 1.54) is 17.6 Å². The molecule has 0 radical (unpaired) electrons. The molecular formula is C17H22BrN5O. The monoisotopic (exact) mass is 391 g/mol. The number of aromatic nitrogens is 4. The maximum Gasteiger partial charge on any atom is 0.243 e. The van der Waals surface area contributed by atoms with Crippen LogP contribution in [0.15, 0.2) is 28.7 Å². The summed E-state index contributed by atoms with van der Waals surface area (Å²) in [5, 5.41) is 15.5. The van der Waals surface area contributed by atoms with Crippen molar-refractivity contribution < 1.29 is 4.79 Å².